The van der Waals surface area contributed by atoms with Crippen LogP contribution < -0.4 is 0 Å². The normalized spacial score (nSPS) is 10.4. The summed E-state index contributed by atoms with van der Waals surface area (Å²) in [5, 5.41) is 0. The Kier molecular flexibility index (Phi) is 3.77. The molecule has 0 aliphatic heterocycles. The molecule has 100 valence electrons. The van der Waals surface area contributed by atoms with Crippen LogP contribution in [0.25, 0.3) is 21.3 Å². The van der Waals surface area contributed by atoms with Crippen molar-refractivity contribution >= 4 is 57.0 Å². The lowest BCUT2D eigenvalue weighted by molar-refractivity contribution is 1.30. The fraction of sp³-hybridized carbons (Fsp3) is 0. The molecule has 20 heavy (non-hydrogen) atoms. The molecular formula is C14H11N3S3. The Balaban J connectivity index is 0.000000121. The van der Waals surface area contributed by atoms with Crippen LogP contribution in [0.2, 0.25) is 0 Å². The number of nitrogens with one attached hydrogen (secondary N) is 3. The Hall–Kier alpha value is -1.76. The minimum absolute atomic E-state index is 0.682. The summed E-state index contributed by atoms with van der Waals surface area (Å²) in [5.41, 5.74) is 3.26. The molecule has 4 rings (SSSR count). The second-order valence-electron chi connectivity index (χ2n) is 4.14. The van der Waals surface area contributed by atoms with Crippen LogP contribution in [0.15, 0.2) is 48.5 Å². The molecule has 0 amide bonds. The highest BCUT2D eigenvalue weighted by atomic mass is 32.1. The van der Waals surface area contributed by atoms with Crippen LogP contribution in [-0.2, 0) is 0 Å². The average molecular weight is 317 g/mol. The molecule has 0 radical (unpaired) electrons. The molecule has 4 aromatic rings. The molecule has 6 heteroatoms. The van der Waals surface area contributed by atoms with Crippen molar-refractivity contribution < 1.29 is 0 Å². The number of thiazole rings is 1. The molecule has 0 atom stereocenters. The molecule has 0 aliphatic rings. The number of fused-ring (bicyclic) bond motifs is 2. The minimum Gasteiger partial charge on any atom is -0.337 e. The lowest BCUT2D eigenvalue weighted by atomic mass is 10.3. The average Bonchev–Trinajstić information content (AvgIpc) is 2.99. The van der Waals surface area contributed by atoms with Gasteiger partial charge in [-0.25, -0.2) is 0 Å². The predicted octanol–water partition coefficient (Wildman–Crippen LogP) is 5.18. The van der Waals surface area contributed by atoms with E-state index in [0.29, 0.717) is 4.77 Å². The first-order valence-corrected chi connectivity index (χ1v) is 7.60. The highest BCUT2D eigenvalue weighted by molar-refractivity contribution is 7.73. The van der Waals surface area contributed by atoms with Crippen molar-refractivity contribution in [3.8, 4) is 0 Å². The van der Waals surface area contributed by atoms with E-state index in [4.69, 9.17) is 24.4 Å². The van der Waals surface area contributed by atoms with E-state index in [0.717, 1.165) is 20.5 Å². The Morgan fingerprint density at radius 3 is 1.85 bits per heavy atom. The van der Waals surface area contributed by atoms with E-state index in [1.165, 1.54) is 4.70 Å². The van der Waals surface area contributed by atoms with E-state index in [1.54, 1.807) is 11.3 Å². The van der Waals surface area contributed by atoms with Gasteiger partial charge < -0.3 is 15.0 Å². The number of imidazole rings is 1. The highest BCUT2D eigenvalue weighted by Crippen LogP contribution is 2.17. The summed E-state index contributed by atoms with van der Waals surface area (Å²) in [6.07, 6.45) is 0. The number of H-pyrrole nitrogens is 3. The van der Waals surface area contributed by atoms with Crippen molar-refractivity contribution in [2.75, 3.05) is 0 Å². The molecule has 0 fully saturated rings. The van der Waals surface area contributed by atoms with Crippen LogP contribution in [0.5, 0.6) is 0 Å². The third kappa shape index (κ3) is 2.87. The summed E-state index contributed by atoms with van der Waals surface area (Å²) in [6.45, 7) is 0. The van der Waals surface area contributed by atoms with Crippen LogP contribution in [0.3, 0.4) is 0 Å². The largest absolute Gasteiger partial charge is 0.337 e. The first-order chi connectivity index (χ1) is 9.72. The number of hydrogen-bond donors (Lipinski definition) is 3. The van der Waals surface area contributed by atoms with Crippen LogP contribution in [0, 0.1) is 8.73 Å². The highest BCUT2D eigenvalue weighted by Gasteiger charge is 1.91. The molecule has 0 saturated heterocycles. The molecule has 3 N–H and O–H groups in total. The van der Waals surface area contributed by atoms with Crippen molar-refractivity contribution in [1.82, 2.24) is 15.0 Å². The SMILES string of the molecule is S=c1[nH]c2ccccc2[nH]1.S=c1[nH]c2ccccc2s1. The molecule has 0 unspecified atom stereocenters. The molecule has 2 heterocycles. The van der Waals surface area contributed by atoms with Crippen LogP contribution in [0.4, 0.5) is 0 Å². The molecule has 0 bridgehead atoms. The van der Waals surface area contributed by atoms with Crippen LogP contribution in [0.1, 0.15) is 0 Å². The number of hydrogen-bond acceptors (Lipinski definition) is 3. The van der Waals surface area contributed by atoms with Gasteiger partial charge in [0.15, 0.2) is 8.73 Å². The topological polar surface area (TPSA) is 47.4 Å². The molecule has 2 aromatic carbocycles. The maximum absolute atomic E-state index is 4.98. The van der Waals surface area contributed by atoms with Crippen LogP contribution in [-0.4, -0.2) is 15.0 Å². The predicted molar refractivity (Wildman–Crippen MR) is 90.5 cm³/mol. The van der Waals surface area contributed by atoms with Gasteiger partial charge in [0.25, 0.3) is 0 Å². The number of aromatic nitrogens is 3. The zero-order valence-corrected chi connectivity index (χ0v) is 12.8. The number of rotatable bonds is 0. The fourth-order valence-electron chi connectivity index (χ4n) is 1.87. The number of benzene rings is 2. The second-order valence-corrected chi connectivity index (χ2v) is 6.26. The fourth-order valence-corrected chi connectivity index (χ4v) is 3.21. The lowest BCUT2D eigenvalue weighted by Crippen LogP contribution is -1.63. The van der Waals surface area contributed by atoms with Crippen molar-refractivity contribution in [1.29, 1.82) is 0 Å². The van der Waals surface area contributed by atoms with E-state index in [2.05, 4.69) is 21.0 Å². The standard InChI is InChI=1S/C7H6N2S.C7H5NS2/c10-7-8-5-3-1-2-4-6(5)9-7;9-7-8-5-3-1-2-4-6(5)10-7/h1-4H,(H2,8,9,10);1-4H,(H,8,9). The van der Waals surface area contributed by atoms with Crippen molar-refractivity contribution in [3.63, 3.8) is 0 Å². The molecular weight excluding hydrogens is 306 g/mol. The van der Waals surface area contributed by atoms with Crippen LogP contribution >= 0.6 is 35.8 Å². The minimum atomic E-state index is 0.682. The third-order valence-electron chi connectivity index (χ3n) is 2.75. The quantitative estimate of drug-likeness (QED) is 0.391. The summed E-state index contributed by atoms with van der Waals surface area (Å²) in [7, 11) is 0. The molecule has 2 aromatic heterocycles. The van der Waals surface area contributed by atoms with Gasteiger partial charge in [-0.05, 0) is 48.7 Å². The number of aromatic amines is 3. The van der Waals surface area contributed by atoms with Crippen molar-refractivity contribution in [3.05, 3.63) is 57.3 Å². The van der Waals surface area contributed by atoms with Gasteiger partial charge in [-0.15, -0.1) is 11.3 Å². The summed E-state index contributed by atoms with van der Waals surface area (Å²) in [6, 6.07) is 16.0. The maximum atomic E-state index is 4.98. The van der Waals surface area contributed by atoms with Gasteiger partial charge in [0.2, 0.25) is 0 Å². The number of para-hydroxylation sites is 3. The van der Waals surface area contributed by atoms with Gasteiger partial charge >= 0.3 is 0 Å². The molecule has 0 aliphatic carbocycles. The Labute approximate surface area is 129 Å². The summed E-state index contributed by atoms with van der Waals surface area (Å²) in [4.78, 5) is 9.13. The monoisotopic (exact) mass is 317 g/mol. The lowest BCUT2D eigenvalue weighted by Gasteiger charge is -1.82. The van der Waals surface area contributed by atoms with E-state index in [-0.39, 0.29) is 0 Å². The summed E-state index contributed by atoms with van der Waals surface area (Å²) >= 11 is 11.5. The second kappa shape index (κ2) is 5.70. The van der Waals surface area contributed by atoms with E-state index in [1.807, 2.05) is 42.5 Å². The first-order valence-electron chi connectivity index (χ1n) is 5.97. The summed E-state index contributed by atoms with van der Waals surface area (Å²) in [5.74, 6) is 0. The van der Waals surface area contributed by atoms with Gasteiger partial charge in [-0.1, -0.05) is 24.3 Å². The van der Waals surface area contributed by atoms with E-state index >= 15 is 0 Å². The zero-order valence-electron chi connectivity index (χ0n) is 10.3. The molecule has 3 nitrogen and oxygen atoms in total. The molecule has 0 saturated carbocycles. The van der Waals surface area contributed by atoms with Gasteiger partial charge in [-0.2, -0.15) is 0 Å². The van der Waals surface area contributed by atoms with Gasteiger partial charge in [0.05, 0.1) is 21.3 Å². The van der Waals surface area contributed by atoms with Gasteiger partial charge in [0.1, 0.15) is 0 Å². The maximum Gasteiger partial charge on any atom is 0.175 e. The van der Waals surface area contributed by atoms with Crippen molar-refractivity contribution in [2.24, 2.45) is 0 Å². The van der Waals surface area contributed by atoms with Crippen molar-refractivity contribution in [2.45, 2.75) is 0 Å². The zero-order chi connectivity index (χ0) is 13.9. The van der Waals surface area contributed by atoms with E-state index in [9.17, 15) is 0 Å². The van der Waals surface area contributed by atoms with E-state index < -0.39 is 0 Å². The smallest absolute Gasteiger partial charge is 0.175 e. The first kappa shape index (κ1) is 13.2. The Bertz CT molecular complexity index is 806. The molecule has 0 spiro atoms. The third-order valence-corrected chi connectivity index (χ3v) is 4.17. The Morgan fingerprint density at radius 2 is 1.25 bits per heavy atom. The summed E-state index contributed by atoms with van der Waals surface area (Å²) < 4.78 is 2.76. The Morgan fingerprint density at radius 1 is 0.700 bits per heavy atom. The van der Waals surface area contributed by atoms with Gasteiger partial charge in [0, 0.05) is 0 Å². The van der Waals surface area contributed by atoms with Gasteiger partial charge in [-0.3, -0.25) is 0 Å².